The van der Waals surface area contributed by atoms with Crippen molar-refractivity contribution in [1.82, 2.24) is 9.88 Å². The number of carbonyl (C=O) groups excluding carboxylic acids is 1. The van der Waals surface area contributed by atoms with Gasteiger partial charge in [-0.05, 0) is 37.1 Å². The van der Waals surface area contributed by atoms with Gasteiger partial charge in [-0.2, -0.15) is 0 Å². The Morgan fingerprint density at radius 2 is 2.10 bits per heavy atom. The van der Waals surface area contributed by atoms with E-state index in [0.717, 1.165) is 55.0 Å². The summed E-state index contributed by atoms with van der Waals surface area (Å²) < 4.78 is 17.3. The van der Waals surface area contributed by atoms with E-state index >= 15 is 0 Å². The lowest BCUT2D eigenvalue weighted by Crippen LogP contribution is -2.39. The predicted octanol–water partition coefficient (Wildman–Crippen LogP) is 4.00. The van der Waals surface area contributed by atoms with Crippen LogP contribution in [0.5, 0.6) is 5.75 Å². The zero-order valence-electron chi connectivity index (χ0n) is 17.1. The van der Waals surface area contributed by atoms with E-state index in [1.54, 1.807) is 24.1 Å². The highest BCUT2D eigenvalue weighted by Gasteiger charge is 2.24. The van der Waals surface area contributed by atoms with Gasteiger partial charge < -0.3 is 13.9 Å². The molecule has 2 aromatic heterocycles. The highest BCUT2D eigenvalue weighted by molar-refractivity contribution is 7.22. The molecule has 0 N–H and O–H groups in total. The van der Waals surface area contributed by atoms with E-state index in [1.807, 2.05) is 19.1 Å². The van der Waals surface area contributed by atoms with Crippen LogP contribution in [0.2, 0.25) is 0 Å². The molecule has 0 radical (unpaired) electrons. The van der Waals surface area contributed by atoms with Crippen LogP contribution in [-0.4, -0.2) is 62.3 Å². The van der Waals surface area contributed by atoms with Gasteiger partial charge in [0.1, 0.15) is 11.3 Å². The lowest BCUT2D eigenvalue weighted by molar-refractivity contribution is 0.0376. The number of furan rings is 1. The number of hydrogen-bond donors (Lipinski definition) is 0. The zero-order chi connectivity index (χ0) is 20.2. The number of amides is 1. The normalized spacial score (nSPS) is 14.5. The summed E-state index contributed by atoms with van der Waals surface area (Å²) in [6.07, 6.45) is 2.36. The molecule has 30 heavy (non-hydrogen) atoms. The maximum atomic E-state index is 13.1. The van der Waals surface area contributed by atoms with Gasteiger partial charge >= 0.3 is 0 Å². The van der Waals surface area contributed by atoms with Crippen molar-refractivity contribution in [3.8, 4) is 5.75 Å². The number of nitrogens with zero attached hydrogens (tertiary/aromatic N) is 3. The van der Waals surface area contributed by atoms with E-state index in [0.29, 0.717) is 23.2 Å². The van der Waals surface area contributed by atoms with Crippen molar-refractivity contribution in [1.29, 1.82) is 0 Å². The molecule has 1 saturated heterocycles. The summed E-state index contributed by atoms with van der Waals surface area (Å²) in [5.41, 5.74) is 1.90. The highest BCUT2D eigenvalue weighted by Crippen LogP contribution is 2.36. The number of rotatable bonds is 7. The summed E-state index contributed by atoms with van der Waals surface area (Å²) in [4.78, 5) is 22.0. The maximum Gasteiger partial charge on any atom is 0.295 e. The fourth-order valence-electron chi connectivity index (χ4n) is 3.47. The summed E-state index contributed by atoms with van der Waals surface area (Å²) in [5.74, 6) is 0.860. The quantitative estimate of drug-likeness (QED) is 0.541. The SMILES string of the molecule is COc1ccc(C)c2sc(N(CCCN3CCOCC3)C(=O)c3ccco3)nc12.Cl. The van der Waals surface area contributed by atoms with Crippen molar-refractivity contribution >= 4 is 45.0 Å². The number of methoxy groups -OCH3 is 1. The molecule has 3 aromatic rings. The fraction of sp³-hybridized carbons (Fsp3) is 0.429. The Labute approximate surface area is 186 Å². The minimum atomic E-state index is -0.173. The van der Waals surface area contributed by atoms with Crippen LogP contribution < -0.4 is 9.64 Å². The molecule has 0 aliphatic carbocycles. The van der Waals surface area contributed by atoms with Crippen LogP contribution >= 0.6 is 23.7 Å². The summed E-state index contributed by atoms with van der Waals surface area (Å²) in [5, 5.41) is 0.663. The average molecular weight is 452 g/mol. The molecule has 0 saturated carbocycles. The second-order valence-corrected chi connectivity index (χ2v) is 7.98. The highest BCUT2D eigenvalue weighted by atomic mass is 35.5. The van der Waals surface area contributed by atoms with Crippen molar-refractivity contribution in [2.45, 2.75) is 13.3 Å². The van der Waals surface area contributed by atoms with Gasteiger partial charge in [-0.15, -0.1) is 12.4 Å². The van der Waals surface area contributed by atoms with Crippen molar-refractivity contribution in [2.24, 2.45) is 0 Å². The van der Waals surface area contributed by atoms with E-state index < -0.39 is 0 Å². The largest absolute Gasteiger partial charge is 0.494 e. The van der Waals surface area contributed by atoms with E-state index in [9.17, 15) is 4.79 Å². The molecule has 0 spiro atoms. The number of hydrogen-bond acceptors (Lipinski definition) is 7. The van der Waals surface area contributed by atoms with Crippen LogP contribution in [0, 0.1) is 6.92 Å². The van der Waals surface area contributed by atoms with Gasteiger partial charge in [0, 0.05) is 26.2 Å². The Balaban J connectivity index is 0.00000256. The molecule has 1 amide bonds. The second kappa shape index (κ2) is 10.3. The number of anilines is 1. The third-order valence-corrected chi connectivity index (χ3v) is 6.29. The summed E-state index contributed by atoms with van der Waals surface area (Å²) in [6, 6.07) is 7.35. The first-order valence-electron chi connectivity index (χ1n) is 9.77. The van der Waals surface area contributed by atoms with Gasteiger partial charge in [0.05, 0.1) is 31.3 Å². The predicted molar refractivity (Wildman–Crippen MR) is 120 cm³/mol. The maximum absolute atomic E-state index is 13.1. The Morgan fingerprint density at radius 3 is 2.80 bits per heavy atom. The Hall–Kier alpha value is -2.13. The molecule has 1 aliphatic heterocycles. The number of aryl methyl sites for hydroxylation is 1. The van der Waals surface area contributed by atoms with Crippen molar-refractivity contribution in [2.75, 3.05) is 51.4 Å². The van der Waals surface area contributed by atoms with Gasteiger partial charge in [-0.1, -0.05) is 17.4 Å². The lowest BCUT2D eigenvalue weighted by atomic mass is 10.2. The zero-order valence-corrected chi connectivity index (χ0v) is 18.8. The van der Waals surface area contributed by atoms with Crippen molar-refractivity contribution in [3.05, 3.63) is 41.9 Å². The Bertz CT molecular complexity index is 970. The third kappa shape index (κ3) is 4.78. The number of fused-ring (bicyclic) bond motifs is 1. The summed E-state index contributed by atoms with van der Waals surface area (Å²) in [6.45, 7) is 6.93. The number of aromatic nitrogens is 1. The summed E-state index contributed by atoms with van der Waals surface area (Å²) >= 11 is 1.51. The first-order chi connectivity index (χ1) is 14.2. The molecule has 3 heterocycles. The van der Waals surface area contributed by atoms with Crippen LogP contribution in [0.1, 0.15) is 22.5 Å². The molecule has 1 fully saturated rings. The standard InChI is InChI=1S/C21H25N3O4S.ClH/c1-15-6-7-16(26-2)18-19(15)29-21(22-18)24(20(25)17-5-3-12-28-17)9-4-8-23-10-13-27-14-11-23;/h3,5-7,12H,4,8-11,13-14H2,1-2H3;1H. The minimum absolute atomic E-state index is 0. The first-order valence-corrected chi connectivity index (χ1v) is 10.6. The molecular formula is C21H26ClN3O4S. The molecule has 0 unspecified atom stereocenters. The van der Waals surface area contributed by atoms with Gasteiger partial charge in [0.15, 0.2) is 10.9 Å². The molecule has 7 nitrogen and oxygen atoms in total. The molecule has 1 aliphatic rings. The van der Waals surface area contributed by atoms with E-state index in [4.69, 9.17) is 18.9 Å². The number of carbonyl (C=O) groups is 1. The van der Waals surface area contributed by atoms with Crippen LogP contribution in [0.3, 0.4) is 0 Å². The third-order valence-electron chi connectivity index (χ3n) is 5.08. The molecule has 0 bridgehead atoms. The molecular weight excluding hydrogens is 426 g/mol. The second-order valence-electron chi connectivity index (χ2n) is 7.00. The first kappa shape index (κ1) is 22.6. The van der Waals surface area contributed by atoms with E-state index in [2.05, 4.69) is 4.90 Å². The monoisotopic (exact) mass is 451 g/mol. The molecule has 9 heteroatoms. The number of morpholine rings is 1. The van der Waals surface area contributed by atoms with E-state index in [1.165, 1.54) is 17.6 Å². The van der Waals surface area contributed by atoms with Crippen LogP contribution in [0.15, 0.2) is 34.9 Å². The van der Waals surface area contributed by atoms with Gasteiger partial charge in [0.25, 0.3) is 5.91 Å². The van der Waals surface area contributed by atoms with Crippen LogP contribution in [0.25, 0.3) is 10.2 Å². The molecule has 162 valence electrons. The number of benzene rings is 1. The number of ether oxygens (including phenoxy) is 2. The molecule has 1 aromatic carbocycles. The minimum Gasteiger partial charge on any atom is -0.494 e. The van der Waals surface area contributed by atoms with Gasteiger partial charge in [-0.3, -0.25) is 14.6 Å². The van der Waals surface area contributed by atoms with Crippen molar-refractivity contribution < 1.29 is 18.7 Å². The smallest absolute Gasteiger partial charge is 0.295 e. The summed E-state index contributed by atoms with van der Waals surface area (Å²) in [7, 11) is 1.64. The molecule has 0 atom stereocenters. The van der Waals surface area contributed by atoms with Gasteiger partial charge in [-0.25, -0.2) is 4.98 Å². The van der Waals surface area contributed by atoms with Crippen LogP contribution in [-0.2, 0) is 4.74 Å². The Kier molecular flexibility index (Phi) is 7.71. The average Bonchev–Trinajstić information content (AvgIpc) is 3.43. The number of halogens is 1. The number of thiazole rings is 1. The Morgan fingerprint density at radius 1 is 1.30 bits per heavy atom. The van der Waals surface area contributed by atoms with E-state index in [-0.39, 0.29) is 18.3 Å². The van der Waals surface area contributed by atoms with Crippen molar-refractivity contribution in [3.63, 3.8) is 0 Å². The topological polar surface area (TPSA) is 68.0 Å². The molecule has 4 rings (SSSR count). The van der Waals surface area contributed by atoms with Crippen LogP contribution in [0.4, 0.5) is 5.13 Å². The fourth-order valence-corrected chi connectivity index (χ4v) is 4.55. The lowest BCUT2D eigenvalue weighted by Gasteiger charge is -2.27. The van der Waals surface area contributed by atoms with Gasteiger partial charge in [0.2, 0.25) is 0 Å².